The van der Waals surface area contributed by atoms with Crippen molar-refractivity contribution in [1.82, 2.24) is 10.6 Å². The molecule has 0 aromatic heterocycles. The third-order valence-corrected chi connectivity index (χ3v) is 5.16. The molecule has 2 unspecified atom stereocenters. The molecule has 3 rings (SSSR count). The van der Waals surface area contributed by atoms with Gasteiger partial charge in [-0.15, -0.1) is 0 Å². The normalized spacial score (nSPS) is 21.0. The van der Waals surface area contributed by atoms with Gasteiger partial charge in [-0.05, 0) is 83.4 Å². The zero-order valence-electron chi connectivity index (χ0n) is 13.9. The first-order valence-corrected chi connectivity index (χ1v) is 9.50. The zero-order chi connectivity index (χ0) is 18.7. The van der Waals surface area contributed by atoms with Crippen molar-refractivity contribution in [2.75, 3.05) is 6.54 Å². The van der Waals surface area contributed by atoms with Crippen LogP contribution in [0.25, 0.3) is 0 Å². The van der Waals surface area contributed by atoms with Crippen LogP contribution in [-0.2, 0) is 12.7 Å². The fourth-order valence-electron chi connectivity index (χ4n) is 3.29. The molecule has 0 bridgehead atoms. The average molecular weight is 478 g/mol. The summed E-state index contributed by atoms with van der Waals surface area (Å²) in [5, 5.41) is 6.80. The minimum absolute atomic E-state index is 0.00854. The Morgan fingerprint density at radius 2 is 1.85 bits per heavy atom. The van der Waals surface area contributed by atoms with E-state index in [-0.39, 0.29) is 17.9 Å². The molecule has 1 heterocycles. The van der Waals surface area contributed by atoms with E-state index in [0.717, 1.165) is 31.0 Å². The summed E-state index contributed by atoms with van der Waals surface area (Å²) in [5.74, 6) is -0.285. The van der Waals surface area contributed by atoms with Gasteiger partial charge < -0.3 is 10.6 Å². The van der Waals surface area contributed by atoms with E-state index in [1.165, 1.54) is 18.2 Å². The first kappa shape index (κ1) is 19.6. The van der Waals surface area contributed by atoms with Gasteiger partial charge in [-0.3, -0.25) is 0 Å². The quantitative estimate of drug-likeness (QED) is 0.476. The van der Waals surface area contributed by atoms with Crippen molar-refractivity contribution < 1.29 is 17.6 Å². The summed E-state index contributed by atoms with van der Waals surface area (Å²) in [7, 11) is 0. The van der Waals surface area contributed by atoms with Crippen molar-refractivity contribution in [3.63, 3.8) is 0 Å². The molecule has 0 radical (unpaired) electrons. The van der Waals surface area contributed by atoms with Crippen LogP contribution in [0.3, 0.4) is 0 Å². The van der Waals surface area contributed by atoms with Crippen LogP contribution in [0.4, 0.5) is 17.6 Å². The number of hydrogen-bond donors (Lipinski definition) is 2. The van der Waals surface area contributed by atoms with Crippen molar-refractivity contribution in [3.8, 4) is 0 Å². The van der Waals surface area contributed by atoms with Crippen molar-refractivity contribution >= 4 is 22.6 Å². The SMILES string of the molecule is Fc1ccc(C2NCCCC2NCc2cc(I)cc(C(F)(F)F)c2)cc1. The molecule has 0 saturated carbocycles. The zero-order valence-corrected chi connectivity index (χ0v) is 16.1. The van der Waals surface area contributed by atoms with Crippen molar-refractivity contribution in [2.45, 2.75) is 37.6 Å². The van der Waals surface area contributed by atoms with E-state index in [1.54, 1.807) is 18.2 Å². The molecule has 2 atom stereocenters. The van der Waals surface area contributed by atoms with E-state index in [4.69, 9.17) is 0 Å². The largest absolute Gasteiger partial charge is 0.416 e. The second-order valence-corrected chi connectivity index (χ2v) is 7.70. The second kappa shape index (κ2) is 8.22. The molecule has 1 saturated heterocycles. The Morgan fingerprint density at radius 1 is 1.12 bits per heavy atom. The third kappa shape index (κ3) is 4.95. The molecule has 2 aromatic carbocycles. The summed E-state index contributed by atoms with van der Waals surface area (Å²) in [6, 6.07) is 10.5. The van der Waals surface area contributed by atoms with Crippen LogP contribution in [0.15, 0.2) is 42.5 Å². The summed E-state index contributed by atoms with van der Waals surface area (Å²) >= 11 is 1.91. The predicted molar refractivity (Wildman–Crippen MR) is 101 cm³/mol. The maximum absolute atomic E-state index is 13.2. The van der Waals surface area contributed by atoms with E-state index in [2.05, 4.69) is 10.6 Å². The Hall–Kier alpha value is -1.19. The summed E-state index contributed by atoms with van der Waals surface area (Å²) < 4.78 is 52.7. The molecular formula is C19H19F4IN2. The number of piperidine rings is 1. The lowest BCUT2D eigenvalue weighted by atomic mass is 9.92. The van der Waals surface area contributed by atoms with Crippen LogP contribution in [0.5, 0.6) is 0 Å². The number of benzene rings is 2. The molecule has 0 spiro atoms. The first-order chi connectivity index (χ1) is 12.3. The number of hydrogen-bond acceptors (Lipinski definition) is 2. The standard InChI is InChI=1S/C19H19F4IN2/c20-15-5-3-13(4-6-15)18-17(2-1-7-25-18)26-11-12-8-14(19(21,22)23)10-16(24)9-12/h3-6,8-10,17-18,25-26H,1-2,7,11H2. The Labute approximate surface area is 163 Å². The van der Waals surface area contributed by atoms with Gasteiger partial charge in [0.2, 0.25) is 0 Å². The summed E-state index contributed by atoms with van der Waals surface area (Å²) in [6.45, 7) is 1.21. The molecule has 2 nitrogen and oxygen atoms in total. The molecule has 0 aliphatic carbocycles. The van der Waals surface area contributed by atoms with Crippen molar-refractivity contribution in [3.05, 3.63) is 68.5 Å². The van der Waals surface area contributed by atoms with E-state index in [9.17, 15) is 17.6 Å². The molecule has 1 aliphatic heterocycles. The Kier molecular flexibility index (Phi) is 6.19. The van der Waals surface area contributed by atoms with Crippen LogP contribution in [0.1, 0.15) is 35.6 Å². The van der Waals surface area contributed by atoms with E-state index in [1.807, 2.05) is 22.6 Å². The summed E-state index contributed by atoms with van der Waals surface area (Å²) in [6.07, 6.45) is -2.46. The van der Waals surface area contributed by atoms with Crippen LogP contribution >= 0.6 is 22.6 Å². The molecule has 140 valence electrons. The van der Waals surface area contributed by atoms with Gasteiger partial charge in [0.15, 0.2) is 0 Å². The molecule has 7 heteroatoms. The Morgan fingerprint density at radius 3 is 2.54 bits per heavy atom. The van der Waals surface area contributed by atoms with Crippen LogP contribution in [0, 0.1) is 9.39 Å². The average Bonchev–Trinajstić information content (AvgIpc) is 2.60. The minimum Gasteiger partial charge on any atom is -0.309 e. The Bertz CT molecular complexity index is 746. The van der Waals surface area contributed by atoms with E-state index >= 15 is 0 Å². The molecule has 26 heavy (non-hydrogen) atoms. The van der Waals surface area contributed by atoms with E-state index in [0.29, 0.717) is 15.7 Å². The molecule has 2 aromatic rings. The molecule has 1 aliphatic rings. The van der Waals surface area contributed by atoms with Gasteiger partial charge in [-0.25, -0.2) is 4.39 Å². The van der Waals surface area contributed by atoms with Crippen LogP contribution in [-0.4, -0.2) is 12.6 Å². The highest BCUT2D eigenvalue weighted by molar-refractivity contribution is 14.1. The highest BCUT2D eigenvalue weighted by atomic mass is 127. The minimum atomic E-state index is -4.35. The van der Waals surface area contributed by atoms with Crippen molar-refractivity contribution in [2.24, 2.45) is 0 Å². The van der Waals surface area contributed by atoms with Gasteiger partial charge in [-0.2, -0.15) is 13.2 Å². The lowest BCUT2D eigenvalue weighted by Gasteiger charge is -2.34. The van der Waals surface area contributed by atoms with Gasteiger partial charge in [-0.1, -0.05) is 12.1 Å². The number of rotatable bonds is 4. The first-order valence-electron chi connectivity index (χ1n) is 8.42. The Balaban J connectivity index is 1.73. The smallest absolute Gasteiger partial charge is 0.309 e. The molecular weight excluding hydrogens is 459 g/mol. The highest BCUT2D eigenvalue weighted by Crippen LogP contribution is 2.31. The second-order valence-electron chi connectivity index (χ2n) is 6.46. The fourth-order valence-corrected chi connectivity index (χ4v) is 4.03. The van der Waals surface area contributed by atoms with Crippen LogP contribution in [0.2, 0.25) is 0 Å². The number of nitrogens with one attached hydrogen (secondary N) is 2. The highest BCUT2D eigenvalue weighted by Gasteiger charge is 2.31. The van der Waals surface area contributed by atoms with Gasteiger partial charge in [0.1, 0.15) is 5.82 Å². The summed E-state index contributed by atoms with van der Waals surface area (Å²) in [5.41, 5.74) is 0.952. The van der Waals surface area contributed by atoms with Gasteiger partial charge in [0, 0.05) is 22.2 Å². The number of halogens is 5. The van der Waals surface area contributed by atoms with E-state index < -0.39 is 11.7 Å². The van der Waals surface area contributed by atoms with Crippen LogP contribution < -0.4 is 10.6 Å². The molecule has 2 N–H and O–H groups in total. The van der Waals surface area contributed by atoms with Gasteiger partial charge in [0.25, 0.3) is 0 Å². The predicted octanol–water partition coefficient (Wildman–Crippen LogP) is 5.03. The van der Waals surface area contributed by atoms with Gasteiger partial charge >= 0.3 is 6.18 Å². The maximum atomic E-state index is 13.2. The lowest BCUT2D eigenvalue weighted by molar-refractivity contribution is -0.137. The maximum Gasteiger partial charge on any atom is 0.416 e. The fraction of sp³-hybridized carbons (Fsp3) is 0.368. The lowest BCUT2D eigenvalue weighted by Crippen LogP contribution is -2.45. The van der Waals surface area contributed by atoms with Crippen molar-refractivity contribution in [1.29, 1.82) is 0 Å². The monoisotopic (exact) mass is 478 g/mol. The topological polar surface area (TPSA) is 24.1 Å². The summed E-state index contributed by atoms with van der Waals surface area (Å²) in [4.78, 5) is 0. The van der Waals surface area contributed by atoms with Gasteiger partial charge in [0.05, 0.1) is 5.56 Å². The molecule has 0 amide bonds. The molecule has 1 fully saturated rings. The number of alkyl halides is 3. The third-order valence-electron chi connectivity index (χ3n) is 4.54.